The molecule has 0 amide bonds. The van der Waals surface area contributed by atoms with Gasteiger partial charge in [-0.3, -0.25) is 0 Å². The normalized spacial score (nSPS) is 10.9. The maximum atomic E-state index is 5.43. The Balaban J connectivity index is 2.20. The second-order valence-electron chi connectivity index (χ2n) is 4.76. The van der Waals surface area contributed by atoms with E-state index in [1.165, 1.54) is 0 Å². The van der Waals surface area contributed by atoms with E-state index in [4.69, 9.17) is 9.47 Å². The van der Waals surface area contributed by atoms with E-state index in [0.717, 1.165) is 38.4 Å². The Morgan fingerprint density at radius 1 is 1.10 bits per heavy atom. The Bertz CT molecular complexity index is 772. The Morgan fingerprint density at radius 3 is 2.62 bits per heavy atom. The van der Waals surface area contributed by atoms with E-state index in [9.17, 15) is 0 Å². The zero-order valence-corrected chi connectivity index (χ0v) is 13.6. The van der Waals surface area contributed by atoms with Crippen molar-refractivity contribution in [2.24, 2.45) is 0 Å². The fraction of sp³-hybridized carbons (Fsp3) is 0.188. The molecule has 0 atom stereocenters. The third kappa shape index (κ3) is 2.49. The molecule has 5 heteroatoms. The molecule has 0 fully saturated rings. The van der Waals surface area contributed by atoms with Gasteiger partial charge in [0.25, 0.3) is 0 Å². The summed E-state index contributed by atoms with van der Waals surface area (Å²) in [5.41, 5.74) is 3.81. The van der Waals surface area contributed by atoms with E-state index >= 15 is 0 Å². The van der Waals surface area contributed by atoms with E-state index in [-0.39, 0.29) is 0 Å². The van der Waals surface area contributed by atoms with Gasteiger partial charge in [-0.15, -0.1) is 0 Å². The first-order valence-corrected chi connectivity index (χ1v) is 7.29. The molecule has 0 saturated heterocycles. The maximum Gasteiger partial charge on any atom is 0.137 e. The van der Waals surface area contributed by atoms with Crippen LogP contribution in [0.3, 0.4) is 0 Å². The van der Waals surface area contributed by atoms with Crippen LogP contribution in [0.4, 0.5) is 0 Å². The van der Waals surface area contributed by atoms with Crippen LogP contribution in [-0.4, -0.2) is 23.6 Å². The monoisotopic (exact) mass is 346 g/mol. The SMILES string of the molecule is COc1ccc(OC)c(-c2cn3cc(Br)c(C)cc3n2)c1. The molecule has 0 bridgehead atoms. The smallest absolute Gasteiger partial charge is 0.137 e. The van der Waals surface area contributed by atoms with Gasteiger partial charge in [-0.25, -0.2) is 4.98 Å². The summed E-state index contributed by atoms with van der Waals surface area (Å²) in [6, 6.07) is 7.74. The minimum atomic E-state index is 0.773. The van der Waals surface area contributed by atoms with Gasteiger partial charge in [0.2, 0.25) is 0 Å². The van der Waals surface area contributed by atoms with E-state index < -0.39 is 0 Å². The number of methoxy groups -OCH3 is 2. The molecule has 21 heavy (non-hydrogen) atoms. The van der Waals surface area contributed by atoms with Crippen molar-refractivity contribution in [2.75, 3.05) is 14.2 Å². The first-order valence-electron chi connectivity index (χ1n) is 6.49. The second kappa shape index (κ2) is 5.41. The van der Waals surface area contributed by atoms with Crippen LogP contribution in [0.25, 0.3) is 16.9 Å². The number of hydrogen-bond acceptors (Lipinski definition) is 3. The molecule has 0 aliphatic rings. The number of hydrogen-bond donors (Lipinski definition) is 0. The highest BCUT2D eigenvalue weighted by Crippen LogP contribution is 2.33. The van der Waals surface area contributed by atoms with Crippen LogP contribution < -0.4 is 9.47 Å². The summed E-state index contributed by atoms with van der Waals surface area (Å²) < 4.78 is 13.8. The standard InChI is InChI=1S/C16H15BrN2O2/c1-10-6-16-18-14(9-19(16)8-13(10)17)12-7-11(20-2)4-5-15(12)21-3/h4-9H,1-3H3. The third-order valence-corrected chi connectivity index (χ3v) is 4.25. The van der Waals surface area contributed by atoms with Crippen molar-refractivity contribution < 1.29 is 9.47 Å². The molecule has 2 aromatic heterocycles. The van der Waals surface area contributed by atoms with Crippen molar-refractivity contribution in [3.05, 3.63) is 46.7 Å². The summed E-state index contributed by atoms with van der Waals surface area (Å²) in [5, 5.41) is 0. The highest BCUT2D eigenvalue weighted by Gasteiger charge is 2.12. The van der Waals surface area contributed by atoms with Crippen LogP contribution in [0.1, 0.15) is 5.56 Å². The third-order valence-electron chi connectivity index (χ3n) is 3.42. The number of fused-ring (bicyclic) bond motifs is 1. The van der Waals surface area contributed by atoms with Crippen molar-refractivity contribution in [2.45, 2.75) is 6.92 Å². The Hall–Kier alpha value is -2.01. The van der Waals surface area contributed by atoms with E-state index in [1.807, 2.05) is 48.0 Å². The molecular formula is C16H15BrN2O2. The van der Waals surface area contributed by atoms with E-state index in [2.05, 4.69) is 20.9 Å². The lowest BCUT2D eigenvalue weighted by atomic mass is 10.1. The van der Waals surface area contributed by atoms with E-state index in [0.29, 0.717) is 0 Å². The molecule has 0 aliphatic carbocycles. The molecule has 0 spiro atoms. The lowest BCUT2D eigenvalue weighted by molar-refractivity contribution is 0.404. The molecule has 3 rings (SSSR count). The number of nitrogens with zero attached hydrogens (tertiary/aromatic N) is 2. The number of ether oxygens (including phenoxy) is 2. The minimum Gasteiger partial charge on any atom is -0.497 e. The van der Waals surface area contributed by atoms with E-state index in [1.54, 1.807) is 14.2 Å². The molecule has 0 aliphatic heterocycles. The minimum absolute atomic E-state index is 0.773. The highest BCUT2D eigenvalue weighted by atomic mass is 79.9. The summed E-state index contributed by atoms with van der Waals surface area (Å²) in [4.78, 5) is 4.68. The average molecular weight is 347 g/mol. The fourth-order valence-electron chi connectivity index (χ4n) is 2.25. The molecule has 4 nitrogen and oxygen atoms in total. The molecule has 0 radical (unpaired) electrons. The van der Waals surface area contributed by atoms with Crippen molar-refractivity contribution in [3.63, 3.8) is 0 Å². The molecule has 1 aromatic carbocycles. The van der Waals surface area contributed by atoms with Gasteiger partial charge >= 0.3 is 0 Å². The molecule has 0 saturated carbocycles. The highest BCUT2D eigenvalue weighted by molar-refractivity contribution is 9.10. The van der Waals surface area contributed by atoms with Crippen LogP contribution in [-0.2, 0) is 0 Å². The van der Waals surface area contributed by atoms with Crippen LogP contribution >= 0.6 is 15.9 Å². The number of aryl methyl sites for hydroxylation is 1. The zero-order chi connectivity index (χ0) is 15.0. The number of rotatable bonds is 3. The van der Waals surface area contributed by atoms with Crippen LogP contribution in [0, 0.1) is 6.92 Å². The van der Waals surface area contributed by atoms with Gasteiger partial charge in [-0.1, -0.05) is 0 Å². The van der Waals surface area contributed by atoms with Crippen LogP contribution in [0.2, 0.25) is 0 Å². The number of benzene rings is 1. The molecule has 0 unspecified atom stereocenters. The lowest BCUT2D eigenvalue weighted by Crippen LogP contribution is -1.90. The lowest BCUT2D eigenvalue weighted by Gasteiger charge is -2.08. The summed E-state index contributed by atoms with van der Waals surface area (Å²) in [6.45, 7) is 2.05. The Morgan fingerprint density at radius 2 is 1.90 bits per heavy atom. The maximum absolute atomic E-state index is 5.43. The molecule has 108 valence electrons. The van der Waals surface area contributed by atoms with Gasteiger partial charge in [0.1, 0.15) is 17.1 Å². The largest absolute Gasteiger partial charge is 0.497 e. The van der Waals surface area contributed by atoms with Gasteiger partial charge in [0, 0.05) is 22.4 Å². The van der Waals surface area contributed by atoms with Crippen molar-refractivity contribution >= 4 is 21.6 Å². The van der Waals surface area contributed by atoms with Gasteiger partial charge in [-0.2, -0.15) is 0 Å². The number of pyridine rings is 1. The van der Waals surface area contributed by atoms with Gasteiger partial charge in [-0.05, 0) is 52.7 Å². The van der Waals surface area contributed by atoms with Crippen LogP contribution in [0.5, 0.6) is 11.5 Å². The first kappa shape index (κ1) is 13.9. The van der Waals surface area contributed by atoms with Crippen molar-refractivity contribution in [1.29, 1.82) is 0 Å². The summed E-state index contributed by atoms with van der Waals surface area (Å²) in [7, 11) is 3.30. The number of imidazole rings is 1. The van der Waals surface area contributed by atoms with Gasteiger partial charge in [0.15, 0.2) is 0 Å². The summed E-state index contributed by atoms with van der Waals surface area (Å²) in [6.07, 6.45) is 3.99. The van der Waals surface area contributed by atoms with Gasteiger partial charge < -0.3 is 13.9 Å². The Labute approximate surface area is 131 Å². The number of halogens is 1. The fourth-order valence-corrected chi connectivity index (χ4v) is 2.58. The first-order chi connectivity index (χ1) is 10.1. The summed E-state index contributed by atoms with van der Waals surface area (Å²) >= 11 is 3.54. The predicted molar refractivity (Wildman–Crippen MR) is 86.2 cm³/mol. The summed E-state index contributed by atoms with van der Waals surface area (Å²) in [5.74, 6) is 1.55. The zero-order valence-electron chi connectivity index (χ0n) is 12.1. The van der Waals surface area contributed by atoms with Gasteiger partial charge in [0.05, 0.1) is 19.9 Å². The molecular weight excluding hydrogens is 332 g/mol. The van der Waals surface area contributed by atoms with Crippen LogP contribution in [0.15, 0.2) is 41.1 Å². The molecule has 2 heterocycles. The van der Waals surface area contributed by atoms with Crippen molar-refractivity contribution in [3.8, 4) is 22.8 Å². The second-order valence-corrected chi connectivity index (χ2v) is 5.62. The molecule has 0 N–H and O–H groups in total. The Kier molecular flexibility index (Phi) is 3.59. The topological polar surface area (TPSA) is 35.8 Å². The molecule has 3 aromatic rings. The number of aromatic nitrogens is 2. The predicted octanol–water partition coefficient (Wildman–Crippen LogP) is 4.09. The average Bonchev–Trinajstić information content (AvgIpc) is 2.89. The quantitative estimate of drug-likeness (QED) is 0.716. The van der Waals surface area contributed by atoms with Crippen molar-refractivity contribution in [1.82, 2.24) is 9.38 Å².